The third-order valence-electron chi connectivity index (χ3n) is 11.6. The normalized spacial score (nSPS) is 51.9. The number of allylic oxidation sites excluding steroid dienone is 2. The molecule has 1 spiro atoms. The van der Waals surface area contributed by atoms with E-state index in [0.29, 0.717) is 41.9 Å². The summed E-state index contributed by atoms with van der Waals surface area (Å²) in [4.78, 5) is 23.9. The molecule has 0 aromatic rings. The Kier molecular flexibility index (Phi) is 6.00. The van der Waals surface area contributed by atoms with Gasteiger partial charge >= 0.3 is 11.9 Å². The van der Waals surface area contributed by atoms with Crippen LogP contribution in [0.3, 0.4) is 0 Å². The largest absolute Gasteiger partial charge is 0.461 e. The topological polar surface area (TPSA) is 71.1 Å². The lowest BCUT2D eigenvalue weighted by atomic mass is 9.47. The van der Waals surface area contributed by atoms with Crippen molar-refractivity contribution in [3.8, 4) is 0 Å². The lowest BCUT2D eigenvalue weighted by molar-refractivity contribution is -0.272. The zero-order chi connectivity index (χ0) is 26.3. The number of carbonyl (C=O) groups excluding carboxylic acids is 2. The Bertz CT molecular complexity index is 1020. The van der Waals surface area contributed by atoms with Crippen LogP contribution in [0.25, 0.3) is 0 Å². The predicted molar refractivity (Wildman–Crippen MR) is 138 cm³/mol. The highest BCUT2D eigenvalue weighted by molar-refractivity contribution is 5.67. The van der Waals surface area contributed by atoms with Crippen LogP contribution in [0, 0.1) is 46.3 Å². The van der Waals surface area contributed by atoms with Crippen molar-refractivity contribution in [2.24, 2.45) is 46.3 Å². The van der Waals surface area contributed by atoms with Crippen LogP contribution in [0.4, 0.5) is 0 Å². The molecular weight excluding hydrogens is 468 g/mol. The lowest BCUT2D eigenvalue weighted by Gasteiger charge is -2.58. The molecule has 2 heterocycles. The van der Waals surface area contributed by atoms with Gasteiger partial charge in [-0.3, -0.25) is 9.59 Å². The van der Waals surface area contributed by atoms with Crippen molar-refractivity contribution in [1.29, 1.82) is 0 Å². The van der Waals surface area contributed by atoms with Crippen LogP contribution in [0.15, 0.2) is 23.8 Å². The molecule has 0 unspecified atom stereocenters. The predicted octanol–water partition coefficient (Wildman–Crippen LogP) is 5.60. The molecule has 2 saturated carbocycles. The Balaban J connectivity index is 1.31. The van der Waals surface area contributed by atoms with Gasteiger partial charge in [0, 0.05) is 38.0 Å². The number of carbonyl (C=O) groups is 2. The van der Waals surface area contributed by atoms with Gasteiger partial charge in [0.2, 0.25) is 0 Å². The maximum atomic E-state index is 12.2. The highest BCUT2D eigenvalue weighted by Gasteiger charge is 2.69. The highest BCUT2D eigenvalue weighted by atomic mass is 16.7. The van der Waals surface area contributed by atoms with Gasteiger partial charge in [-0.15, -0.1) is 0 Å². The van der Waals surface area contributed by atoms with Gasteiger partial charge in [0.05, 0.1) is 12.7 Å². The average Bonchev–Trinajstić information content (AvgIpc) is 3.26. The molecule has 0 aromatic carbocycles. The quantitative estimate of drug-likeness (QED) is 0.449. The van der Waals surface area contributed by atoms with Gasteiger partial charge in [0.25, 0.3) is 0 Å². The highest BCUT2D eigenvalue weighted by Crippen LogP contribution is 2.70. The van der Waals surface area contributed by atoms with Gasteiger partial charge < -0.3 is 18.9 Å². The van der Waals surface area contributed by atoms with Crippen LogP contribution in [0.5, 0.6) is 0 Å². The number of fused-ring (bicyclic) bond motifs is 7. The van der Waals surface area contributed by atoms with E-state index in [1.54, 1.807) is 0 Å². The van der Waals surface area contributed by atoms with Gasteiger partial charge in [-0.25, -0.2) is 0 Å². The van der Waals surface area contributed by atoms with Crippen LogP contribution < -0.4 is 0 Å². The summed E-state index contributed by atoms with van der Waals surface area (Å²) in [5.74, 6) is 1.85. The van der Waals surface area contributed by atoms with Crippen molar-refractivity contribution in [3.63, 3.8) is 0 Å². The molecule has 4 aliphatic carbocycles. The monoisotopic (exact) mass is 512 g/mol. The van der Waals surface area contributed by atoms with Crippen LogP contribution in [0.2, 0.25) is 0 Å². The first kappa shape index (κ1) is 25.6. The Labute approximate surface area is 221 Å². The first-order chi connectivity index (χ1) is 17.5. The minimum atomic E-state index is -0.396. The summed E-state index contributed by atoms with van der Waals surface area (Å²) >= 11 is 0. The van der Waals surface area contributed by atoms with Crippen molar-refractivity contribution >= 4 is 11.9 Å². The first-order valence-electron chi connectivity index (χ1n) is 14.5. The molecule has 204 valence electrons. The lowest BCUT2D eigenvalue weighted by Crippen LogP contribution is -2.56. The minimum absolute atomic E-state index is 0.203. The molecule has 37 heavy (non-hydrogen) atoms. The van der Waals surface area contributed by atoms with Crippen LogP contribution >= 0.6 is 0 Å². The van der Waals surface area contributed by atoms with E-state index in [4.69, 9.17) is 18.9 Å². The maximum absolute atomic E-state index is 12.2. The molecule has 2 aliphatic heterocycles. The van der Waals surface area contributed by atoms with Crippen molar-refractivity contribution in [1.82, 2.24) is 0 Å². The fourth-order valence-corrected chi connectivity index (χ4v) is 9.84. The average molecular weight is 513 g/mol. The number of rotatable bonds is 2. The number of hydrogen-bond donors (Lipinski definition) is 0. The van der Waals surface area contributed by atoms with E-state index in [2.05, 4.69) is 45.9 Å². The molecule has 6 nitrogen and oxygen atoms in total. The van der Waals surface area contributed by atoms with Crippen LogP contribution in [-0.2, 0) is 28.5 Å². The van der Waals surface area contributed by atoms with Crippen LogP contribution in [-0.4, -0.2) is 42.6 Å². The Morgan fingerprint density at radius 1 is 1.00 bits per heavy atom. The number of esters is 2. The SMILES string of the molecule is CC(=O)O[C@@H]1C=C2C=C[C@H]3[C@@H]4C[C@@H]5O[C@]6(CC[C@@H](C)CO6)[C@@H](C)[C@@H]5[C@@]4(C)CC[C@@H]3[C@@]2(C)[C@@H](OC(C)=O)C1. The van der Waals surface area contributed by atoms with E-state index < -0.39 is 5.79 Å². The number of hydrogen-bond acceptors (Lipinski definition) is 6. The molecule has 0 N–H and O–H groups in total. The summed E-state index contributed by atoms with van der Waals surface area (Å²) in [6.45, 7) is 13.2. The second-order valence-corrected chi connectivity index (χ2v) is 13.6. The second-order valence-electron chi connectivity index (χ2n) is 13.6. The van der Waals surface area contributed by atoms with Crippen LogP contribution in [0.1, 0.15) is 80.1 Å². The van der Waals surface area contributed by atoms with E-state index in [9.17, 15) is 9.59 Å². The van der Waals surface area contributed by atoms with Crippen molar-refractivity contribution < 1.29 is 28.5 Å². The van der Waals surface area contributed by atoms with Gasteiger partial charge in [0.1, 0.15) is 12.2 Å². The van der Waals surface area contributed by atoms with Gasteiger partial charge in [-0.1, -0.05) is 39.8 Å². The Morgan fingerprint density at radius 3 is 2.43 bits per heavy atom. The molecule has 6 rings (SSSR count). The fourth-order valence-electron chi connectivity index (χ4n) is 9.84. The summed E-state index contributed by atoms with van der Waals surface area (Å²) in [7, 11) is 0. The summed E-state index contributed by atoms with van der Waals surface area (Å²) in [6, 6.07) is 0. The minimum Gasteiger partial charge on any atom is -0.461 e. The van der Waals surface area contributed by atoms with E-state index in [1.807, 2.05) is 0 Å². The Hall–Kier alpha value is -1.66. The summed E-state index contributed by atoms with van der Waals surface area (Å²) in [5.41, 5.74) is 1.05. The molecular formula is C31H44O6. The third kappa shape index (κ3) is 3.71. The van der Waals surface area contributed by atoms with E-state index in [1.165, 1.54) is 20.3 Å². The summed E-state index contributed by atoms with van der Waals surface area (Å²) in [6.07, 6.45) is 12.3. The molecule has 12 atom stereocenters. The Morgan fingerprint density at radius 2 is 1.76 bits per heavy atom. The van der Waals surface area contributed by atoms with Gasteiger partial charge in [-0.05, 0) is 72.3 Å². The molecule has 6 heteroatoms. The van der Waals surface area contributed by atoms with Gasteiger partial charge in [-0.2, -0.15) is 0 Å². The molecule has 6 aliphatic rings. The molecule has 0 aromatic heterocycles. The molecule has 0 radical (unpaired) electrons. The van der Waals surface area contributed by atoms with E-state index in [0.717, 1.165) is 37.9 Å². The fraction of sp³-hybridized carbons (Fsp3) is 0.806. The van der Waals surface area contributed by atoms with E-state index in [-0.39, 0.29) is 41.1 Å². The van der Waals surface area contributed by atoms with Crippen molar-refractivity contribution in [2.75, 3.05) is 6.61 Å². The maximum Gasteiger partial charge on any atom is 0.303 e. The third-order valence-corrected chi connectivity index (χ3v) is 11.6. The molecule has 4 fully saturated rings. The standard InChI is InChI=1S/C31H44O6/c1-17-9-12-31(34-16-17)18(2)28-26(37-31)15-25-23-8-7-21-13-22(35-19(3)32)14-27(36-20(4)33)30(21,6)24(23)10-11-29(25,28)5/h7-8,13,17-18,22-28H,9-12,14-16H2,1-6H3/t17-,18+,22-,23-,24+,25+,26+,27+,28+,29+,30+,31-/m1/s1. The summed E-state index contributed by atoms with van der Waals surface area (Å²) < 4.78 is 24.9. The van der Waals surface area contributed by atoms with Crippen molar-refractivity contribution in [3.05, 3.63) is 23.8 Å². The second kappa shape index (κ2) is 8.67. The van der Waals surface area contributed by atoms with Crippen molar-refractivity contribution in [2.45, 2.75) is 104 Å². The zero-order valence-electron chi connectivity index (χ0n) is 23.3. The molecule has 0 amide bonds. The molecule has 0 bridgehead atoms. The smallest absolute Gasteiger partial charge is 0.303 e. The van der Waals surface area contributed by atoms with E-state index >= 15 is 0 Å². The van der Waals surface area contributed by atoms with Gasteiger partial charge in [0.15, 0.2) is 5.79 Å². The molecule has 2 saturated heterocycles. The first-order valence-corrected chi connectivity index (χ1v) is 14.5. The summed E-state index contributed by atoms with van der Waals surface area (Å²) in [5, 5.41) is 0. The zero-order valence-corrected chi connectivity index (χ0v) is 23.3. The number of ether oxygens (including phenoxy) is 4.